The highest BCUT2D eigenvalue weighted by molar-refractivity contribution is 7.47. The van der Waals surface area contributed by atoms with Crippen molar-refractivity contribution in [3.63, 3.8) is 0 Å². The molecule has 56 heavy (non-hydrogen) atoms. The lowest BCUT2D eigenvalue weighted by molar-refractivity contribution is -0.870. The van der Waals surface area contributed by atoms with Crippen molar-refractivity contribution in [3.8, 4) is 0 Å². The summed E-state index contributed by atoms with van der Waals surface area (Å²) in [6.07, 6.45) is 46.6. The minimum absolute atomic E-state index is 0.0191. The third-order valence-electron chi connectivity index (χ3n) is 8.69. The van der Waals surface area contributed by atoms with Gasteiger partial charge in [-0.3, -0.25) is 18.6 Å². The Kier molecular flexibility index (Phi) is 36.3. The number of quaternary nitrogens is 1. The maximum Gasteiger partial charge on any atom is 0.472 e. The number of likely N-dealkylation sites (N-methyl/N-ethyl adjacent to an activating group) is 1. The Hall–Kier alpha value is -2.55. The van der Waals surface area contributed by atoms with Crippen molar-refractivity contribution >= 4 is 19.8 Å². The molecule has 322 valence electrons. The molecular formula is C46H81NO8P+. The Morgan fingerprint density at radius 2 is 1.00 bits per heavy atom. The highest BCUT2D eigenvalue weighted by Crippen LogP contribution is 2.43. The minimum atomic E-state index is -4.39. The van der Waals surface area contributed by atoms with Gasteiger partial charge in [-0.05, 0) is 83.5 Å². The quantitative estimate of drug-likeness (QED) is 0.0216. The molecule has 1 unspecified atom stereocenters. The van der Waals surface area contributed by atoms with Crippen molar-refractivity contribution in [2.24, 2.45) is 0 Å². The molecule has 0 rings (SSSR count). The number of esters is 2. The first-order valence-electron chi connectivity index (χ1n) is 21.7. The zero-order chi connectivity index (χ0) is 41.4. The molecule has 10 heteroatoms. The molecule has 0 spiro atoms. The molecule has 9 nitrogen and oxygen atoms in total. The third-order valence-corrected chi connectivity index (χ3v) is 9.67. The van der Waals surface area contributed by atoms with Gasteiger partial charge < -0.3 is 18.9 Å². The molecule has 0 saturated carbocycles. The fraction of sp³-hybridized carbons (Fsp3) is 0.696. The largest absolute Gasteiger partial charge is 0.472 e. The lowest BCUT2D eigenvalue weighted by Gasteiger charge is -2.24. The van der Waals surface area contributed by atoms with E-state index in [4.69, 9.17) is 18.5 Å². The predicted octanol–water partition coefficient (Wildman–Crippen LogP) is 12.2. The van der Waals surface area contributed by atoms with Gasteiger partial charge in [0.15, 0.2) is 6.10 Å². The SMILES string of the molecule is CCC/C=C/C/C=C/C/C=C/C/C=C/CCCCCC(=O)O[C@H](COC(=O)CCCCCCC/C=C/C/C=C/CCCCC)COP(=O)(O)OCC[N+](C)(C)C. The van der Waals surface area contributed by atoms with Crippen LogP contribution in [0.2, 0.25) is 0 Å². The second kappa shape index (κ2) is 38.0. The van der Waals surface area contributed by atoms with Gasteiger partial charge in [0.05, 0.1) is 27.7 Å². The molecular weight excluding hydrogens is 725 g/mol. The average Bonchev–Trinajstić information content (AvgIpc) is 3.15. The summed E-state index contributed by atoms with van der Waals surface area (Å²) in [4.78, 5) is 35.3. The molecule has 0 bridgehead atoms. The molecule has 0 aliphatic rings. The standard InChI is InChI=1S/C46H80NO8P/c1-6-8-10-12-14-16-18-20-22-23-25-27-29-31-33-35-37-39-46(49)55-44(43-54-56(50,51)53-41-40-47(3,4)5)42-52-45(48)38-36-34-32-30-28-26-24-21-19-17-15-13-11-9-7-2/h10,12,15-18,21-24,27,29,44H,6-9,11,13-14,19-20,25-26,28,30-43H2,1-5H3/p+1/b12-10+,17-15+,18-16+,23-22+,24-21+,29-27+/t44-/m1/s1. The molecule has 2 atom stereocenters. The van der Waals surface area contributed by atoms with Crippen molar-refractivity contribution in [2.45, 2.75) is 161 Å². The summed E-state index contributed by atoms with van der Waals surface area (Å²) in [6.45, 7) is 4.25. The van der Waals surface area contributed by atoms with E-state index in [2.05, 4.69) is 86.8 Å². The molecule has 0 aliphatic carbocycles. The fourth-order valence-electron chi connectivity index (χ4n) is 5.27. The van der Waals surface area contributed by atoms with Crippen LogP contribution in [0, 0.1) is 0 Å². The number of phosphoric ester groups is 1. The summed E-state index contributed by atoms with van der Waals surface area (Å²) in [5, 5.41) is 0. The maximum absolute atomic E-state index is 12.7. The van der Waals surface area contributed by atoms with E-state index in [9.17, 15) is 19.0 Å². The zero-order valence-electron chi connectivity index (χ0n) is 36.1. The number of allylic oxidation sites excluding steroid dienone is 12. The van der Waals surface area contributed by atoms with E-state index in [0.29, 0.717) is 23.9 Å². The van der Waals surface area contributed by atoms with Gasteiger partial charge in [-0.25, -0.2) is 4.57 Å². The number of nitrogens with zero attached hydrogens (tertiary/aromatic N) is 1. The van der Waals surface area contributed by atoms with Gasteiger partial charge in [0.25, 0.3) is 0 Å². The van der Waals surface area contributed by atoms with Crippen molar-refractivity contribution in [1.29, 1.82) is 0 Å². The molecule has 0 aromatic heterocycles. The van der Waals surface area contributed by atoms with Gasteiger partial charge >= 0.3 is 19.8 Å². The lowest BCUT2D eigenvalue weighted by atomic mass is 10.1. The lowest BCUT2D eigenvalue weighted by Crippen LogP contribution is -2.37. The number of rotatable bonds is 38. The van der Waals surface area contributed by atoms with Crippen LogP contribution in [-0.4, -0.2) is 74.9 Å². The second-order valence-electron chi connectivity index (χ2n) is 15.4. The second-order valence-corrected chi connectivity index (χ2v) is 16.8. The number of carbonyl (C=O) groups excluding carboxylic acids is 2. The number of ether oxygens (including phenoxy) is 2. The molecule has 0 saturated heterocycles. The van der Waals surface area contributed by atoms with E-state index in [1.807, 2.05) is 21.1 Å². The van der Waals surface area contributed by atoms with Crippen molar-refractivity contribution in [1.82, 2.24) is 0 Å². The van der Waals surface area contributed by atoms with E-state index >= 15 is 0 Å². The number of carbonyl (C=O) groups is 2. The third kappa shape index (κ3) is 41.1. The summed E-state index contributed by atoms with van der Waals surface area (Å²) < 4.78 is 34.2. The van der Waals surface area contributed by atoms with Crippen LogP contribution in [0.5, 0.6) is 0 Å². The molecule has 0 fully saturated rings. The summed E-state index contributed by atoms with van der Waals surface area (Å²) in [7, 11) is 1.43. The number of unbranched alkanes of at least 4 members (excludes halogenated alkanes) is 12. The van der Waals surface area contributed by atoms with Crippen LogP contribution in [0.25, 0.3) is 0 Å². The minimum Gasteiger partial charge on any atom is -0.462 e. The molecule has 0 aromatic rings. The maximum atomic E-state index is 12.7. The van der Waals surface area contributed by atoms with Crippen LogP contribution >= 0.6 is 7.82 Å². The topological polar surface area (TPSA) is 108 Å². The van der Waals surface area contributed by atoms with Crippen LogP contribution < -0.4 is 0 Å². The summed E-state index contributed by atoms with van der Waals surface area (Å²) in [5.74, 6) is -0.858. The van der Waals surface area contributed by atoms with Crippen molar-refractivity contribution in [3.05, 3.63) is 72.9 Å². The van der Waals surface area contributed by atoms with Gasteiger partial charge in [-0.2, -0.15) is 0 Å². The summed E-state index contributed by atoms with van der Waals surface area (Å²) >= 11 is 0. The Balaban J connectivity index is 4.48. The summed E-state index contributed by atoms with van der Waals surface area (Å²) in [6, 6.07) is 0. The molecule has 0 aliphatic heterocycles. The van der Waals surface area contributed by atoms with E-state index in [0.717, 1.165) is 83.5 Å². The van der Waals surface area contributed by atoms with Crippen LogP contribution in [0.4, 0.5) is 0 Å². The zero-order valence-corrected chi connectivity index (χ0v) is 37.0. The van der Waals surface area contributed by atoms with Crippen LogP contribution in [0.15, 0.2) is 72.9 Å². The fourth-order valence-corrected chi connectivity index (χ4v) is 6.01. The van der Waals surface area contributed by atoms with Gasteiger partial charge in [0.1, 0.15) is 19.8 Å². The Bertz CT molecular complexity index is 1180. The predicted molar refractivity (Wildman–Crippen MR) is 233 cm³/mol. The Labute approximate surface area is 342 Å². The number of hydrogen-bond acceptors (Lipinski definition) is 7. The van der Waals surface area contributed by atoms with Crippen molar-refractivity contribution in [2.75, 3.05) is 47.5 Å². The first-order chi connectivity index (χ1) is 27.0. The monoisotopic (exact) mass is 807 g/mol. The smallest absolute Gasteiger partial charge is 0.462 e. The van der Waals surface area contributed by atoms with E-state index in [1.54, 1.807) is 0 Å². The molecule has 0 heterocycles. The first-order valence-corrected chi connectivity index (χ1v) is 23.2. The van der Waals surface area contributed by atoms with Gasteiger partial charge in [0, 0.05) is 12.8 Å². The van der Waals surface area contributed by atoms with Crippen molar-refractivity contribution < 1.29 is 42.1 Å². The number of phosphoric acid groups is 1. The Morgan fingerprint density at radius 3 is 1.52 bits per heavy atom. The van der Waals surface area contributed by atoms with E-state index < -0.39 is 32.5 Å². The molecule has 1 N–H and O–H groups in total. The molecule has 0 amide bonds. The Morgan fingerprint density at radius 1 is 0.554 bits per heavy atom. The van der Waals surface area contributed by atoms with Crippen LogP contribution in [-0.2, 0) is 32.7 Å². The summed E-state index contributed by atoms with van der Waals surface area (Å²) in [5.41, 5.74) is 0. The molecule has 0 radical (unpaired) electrons. The van der Waals surface area contributed by atoms with E-state index in [-0.39, 0.29) is 26.1 Å². The van der Waals surface area contributed by atoms with Gasteiger partial charge in [0.2, 0.25) is 0 Å². The first kappa shape index (κ1) is 53.5. The van der Waals surface area contributed by atoms with Crippen LogP contribution in [0.1, 0.15) is 155 Å². The average molecular weight is 807 g/mol. The van der Waals surface area contributed by atoms with Gasteiger partial charge in [-0.1, -0.05) is 132 Å². The molecule has 0 aromatic carbocycles. The van der Waals surface area contributed by atoms with E-state index in [1.165, 1.54) is 32.1 Å². The van der Waals surface area contributed by atoms with Gasteiger partial charge in [-0.15, -0.1) is 0 Å². The highest BCUT2D eigenvalue weighted by atomic mass is 31.2. The highest BCUT2D eigenvalue weighted by Gasteiger charge is 2.27. The number of hydrogen-bond donors (Lipinski definition) is 1. The normalized spacial score (nSPS) is 14.3. The van der Waals surface area contributed by atoms with Crippen LogP contribution in [0.3, 0.4) is 0 Å².